The number of halogens is 1. The normalized spacial score (nSPS) is 10.6. The van der Waals surface area contributed by atoms with Crippen LogP contribution in [0.3, 0.4) is 0 Å². The third-order valence-electron chi connectivity index (χ3n) is 2.61. The van der Waals surface area contributed by atoms with Crippen LogP contribution in [0.4, 0.5) is 10.1 Å². The van der Waals surface area contributed by atoms with Crippen LogP contribution >= 0.6 is 0 Å². The topological polar surface area (TPSA) is 29.1 Å². The zero-order chi connectivity index (χ0) is 13.7. The summed E-state index contributed by atoms with van der Waals surface area (Å²) in [5, 5.41) is 2.72. The summed E-state index contributed by atoms with van der Waals surface area (Å²) >= 11 is 0. The first-order valence-corrected chi connectivity index (χ1v) is 5.95. The van der Waals surface area contributed by atoms with E-state index in [0.29, 0.717) is 5.56 Å². The number of carbonyl (C=O) groups is 1. The average Bonchev–Trinajstić information content (AvgIpc) is 2.38. The Hall–Kier alpha value is -2.42. The Morgan fingerprint density at radius 1 is 1.16 bits per heavy atom. The molecule has 0 aliphatic rings. The maximum absolute atomic E-state index is 13.3. The van der Waals surface area contributed by atoms with E-state index in [4.69, 9.17) is 0 Å². The predicted octanol–water partition coefficient (Wildman–Crippen LogP) is 3.79. The molecule has 0 fully saturated rings. The Morgan fingerprint density at radius 3 is 2.68 bits per heavy atom. The van der Waals surface area contributed by atoms with E-state index < -0.39 is 0 Å². The van der Waals surface area contributed by atoms with Gasteiger partial charge < -0.3 is 5.32 Å². The van der Waals surface area contributed by atoms with Gasteiger partial charge in [0, 0.05) is 17.3 Å². The van der Waals surface area contributed by atoms with E-state index in [2.05, 4.69) is 5.32 Å². The average molecular weight is 255 g/mol. The highest BCUT2D eigenvalue weighted by atomic mass is 19.1. The number of anilines is 1. The Labute approximate surface area is 111 Å². The molecular weight excluding hydrogens is 241 g/mol. The van der Waals surface area contributed by atoms with Crippen molar-refractivity contribution < 1.29 is 9.18 Å². The van der Waals surface area contributed by atoms with Crippen molar-refractivity contribution in [3.05, 3.63) is 71.6 Å². The van der Waals surface area contributed by atoms with Crippen LogP contribution in [-0.2, 0) is 4.79 Å². The molecule has 96 valence electrons. The van der Waals surface area contributed by atoms with E-state index in [1.807, 2.05) is 31.2 Å². The summed E-state index contributed by atoms with van der Waals surface area (Å²) < 4.78 is 13.3. The van der Waals surface area contributed by atoms with Gasteiger partial charge in [0.1, 0.15) is 5.82 Å². The lowest BCUT2D eigenvalue weighted by atomic mass is 10.2. The van der Waals surface area contributed by atoms with E-state index in [-0.39, 0.29) is 11.7 Å². The van der Waals surface area contributed by atoms with Crippen molar-refractivity contribution in [3.63, 3.8) is 0 Å². The van der Waals surface area contributed by atoms with Gasteiger partial charge in [0.15, 0.2) is 0 Å². The Kier molecular flexibility index (Phi) is 4.08. The number of amides is 1. The number of benzene rings is 2. The molecule has 0 radical (unpaired) electrons. The zero-order valence-electron chi connectivity index (χ0n) is 10.6. The van der Waals surface area contributed by atoms with Crippen LogP contribution in [0.2, 0.25) is 0 Å². The smallest absolute Gasteiger partial charge is 0.248 e. The Bertz CT molecular complexity index is 620. The highest BCUT2D eigenvalue weighted by molar-refractivity contribution is 6.01. The highest BCUT2D eigenvalue weighted by Gasteiger charge is 1.99. The summed E-state index contributed by atoms with van der Waals surface area (Å²) in [6.45, 7) is 1.95. The van der Waals surface area contributed by atoms with Crippen molar-refractivity contribution in [1.29, 1.82) is 0 Å². The molecule has 0 heterocycles. The minimum absolute atomic E-state index is 0.283. The second-order valence-corrected chi connectivity index (χ2v) is 4.21. The number of rotatable bonds is 3. The first kappa shape index (κ1) is 13.0. The lowest BCUT2D eigenvalue weighted by Crippen LogP contribution is -2.07. The molecule has 2 aromatic rings. The fourth-order valence-corrected chi connectivity index (χ4v) is 1.68. The molecule has 0 saturated carbocycles. The van der Waals surface area contributed by atoms with E-state index in [9.17, 15) is 9.18 Å². The van der Waals surface area contributed by atoms with Crippen molar-refractivity contribution in [2.75, 3.05) is 5.32 Å². The molecule has 1 N–H and O–H groups in total. The summed E-state index contributed by atoms with van der Waals surface area (Å²) in [5.41, 5.74) is 2.18. The molecule has 2 nitrogen and oxygen atoms in total. The van der Waals surface area contributed by atoms with Crippen molar-refractivity contribution in [2.24, 2.45) is 0 Å². The lowest BCUT2D eigenvalue weighted by molar-refractivity contribution is -0.111. The maximum Gasteiger partial charge on any atom is 0.248 e. The first-order valence-electron chi connectivity index (χ1n) is 5.95. The standard InChI is InChI=1S/C16H14FNO/c1-12-5-4-7-14(11-12)18-16(19)10-9-13-6-2-3-8-15(13)17/h2-11H,1H3,(H,18,19)/b10-9+. The van der Waals surface area contributed by atoms with Crippen molar-refractivity contribution in [3.8, 4) is 0 Å². The number of aryl methyl sites for hydroxylation is 1. The van der Waals surface area contributed by atoms with Gasteiger partial charge in [-0.3, -0.25) is 4.79 Å². The summed E-state index contributed by atoms with van der Waals surface area (Å²) in [6, 6.07) is 13.8. The second-order valence-electron chi connectivity index (χ2n) is 4.21. The molecule has 0 bridgehead atoms. The Morgan fingerprint density at radius 2 is 1.95 bits per heavy atom. The van der Waals surface area contributed by atoms with Gasteiger partial charge >= 0.3 is 0 Å². The van der Waals surface area contributed by atoms with Gasteiger partial charge in [-0.25, -0.2) is 4.39 Å². The third-order valence-corrected chi connectivity index (χ3v) is 2.61. The molecule has 0 spiro atoms. The third kappa shape index (κ3) is 3.78. The van der Waals surface area contributed by atoms with Gasteiger partial charge in [0.2, 0.25) is 5.91 Å². The largest absolute Gasteiger partial charge is 0.323 e. The SMILES string of the molecule is Cc1cccc(NC(=O)/C=C/c2ccccc2F)c1. The van der Waals surface area contributed by atoms with Gasteiger partial charge in [-0.15, -0.1) is 0 Å². The van der Waals surface area contributed by atoms with Crippen LogP contribution in [0.15, 0.2) is 54.6 Å². The number of hydrogen-bond donors (Lipinski definition) is 1. The van der Waals surface area contributed by atoms with Crippen molar-refractivity contribution in [1.82, 2.24) is 0 Å². The zero-order valence-corrected chi connectivity index (χ0v) is 10.6. The molecule has 2 aromatic carbocycles. The van der Waals surface area contributed by atoms with Gasteiger partial charge in [-0.1, -0.05) is 30.3 Å². The van der Waals surface area contributed by atoms with Crippen molar-refractivity contribution >= 4 is 17.7 Å². The fourth-order valence-electron chi connectivity index (χ4n) is 1.68. The minimum Gasteiger partial charge on any atom is -0.323 e. The number of hydrogen-bond acceptors (Lipinski definition) is 1. The van der Waals surface area contributed by atoms with Crippen LogP contribution in [0.1, 0.15) is 11.1 Å². The van der Waals surface area contributed by atoms with Gasteiger partial charge in [-0.2, -0.15) is 0 Å². The summed E-state index contributed by atoms with van der Waals surface area (Å²) in [4.78, 5) is 11.7. The van der Waals surface area contributed by atoms with Crippen LogP contribution in [-0.4, -0.2) is 5.91 Å². The summed E-state index contributed by atoms with van der Waals surface area (Å²) in [5.74, 6) is -0.629. The van der Waals surface area contributed by atoms with E-state index in [1.165, 1.54) is 18.2 Å². The van der Waals surface area contributed by atoms with Gasteiger partial charge in [-0.05, 0) is 36.8 Å². The van der Waals surface area contributed by atoms with Gasteiger partial charge in [0.25, 0.3) is 0 Å². The number of nitrogens with one attached hydrogen (secondary N) is 1. The van der Waals surface area contributed by atoms with Crippen LogP contribution in [0.25, 0.3) is 6.08 Å². The molecule has 0 aliphatic heterocycles. The predicted molar refractivity (Wildman–Crippen MR) is 75.2 cm³/mol. The molecule has 0 aromatic heterocycles. The monoisotopic (exact) mass is 255 g/mol. The molecular formula is C16H14FNO. The quantitative estimate of drug-likeness (QED) is 0.831. The van der Waals surface area contributed by atoms with Gasteiger partial charge in [0.05, 0.1) is 0 Å². The molecule has 0 saturated heterocycles. The van der Waals surface area contributed by atoms with Crippen molar-refractivity contribution in [2.45, 2.75) is 6.92 Å². The molecule has 0 aliphatic carbocycles. The molecule has 3 heteroatoms. The molecule has 0 atom stereocenters. The minimum atomic E-state index is -0.345. The highest BCUT2D eigenvalue weighted by Crippen LogP contribution is 2.11. The van der Waals surface area contributed by atoms with Crippen LogP contribution < -0.4 is 5.32 Å². The molecule has 0 unspecified atom stereocenters. The van der Waals surface area contributed by atoms with Crippen LogP contribution in [0.5, 0.6) is 0 Å². The first-order chi connectivity index (χ1) is 9.15. The molecule has 1 amide bonds. The summed E-state index contributed by atoms with van der Waals surface area (Å²) in [6.07, 6.45) is 2.78. The summed E-state index contributed by atoms with van der Waals surface area (Å²) in [7, 11) is 0. The van der Waals surface area contributed by atoms with E-state index in [0.717, 1.165) is 11.3 Å². The van der Waals surface area contributed by atoms with Crippen LogP contribution in [0, 0.1) is 12.7 Å². The van der Waals surface area contributed by atoms with E-state index >= 15 is 0 Å². The Balaban J connectivity index is 2.04. The molecule has 2 rings (SSSR count). The maximum atomic E-state index is 13.3. The van der Waals surface area contributed by atoms with E-state index in [1.54, 1.807) is 18.2 Å². The lowest BCUT2D eigenvalue weighted by Gasteiger charge is -2.02. The number of carbonyl (C=O) groups excluding carboxylic acids is 1. The fraction of sp³-hybridized carbons (Fsp3) is 0.0625. The molecule has 19 heavy (non-hydrogen) atoms. The second kappa shape index (κ2) is 5.96.